The molecule has 0 saturated heterocycles. The summed E-state index contributed by atoms with van der Waals surface area (Å²) >= 11 is 1.55. The van der Waals surface area contributed by atoms with Crippen LogP contribution in [0.1, 0.15) is 22.1 Å². The number of halogens is 2. The van der Waals surface area contributed by atoms with Crippen LogP contribution in [-0.2, 0) is 6.42 Å². The fraction of sp³-hybridized carbons (Fsp3) is 0.231. The molecule has 1 aromatic heterocycles. The molecule has 1 aromatic carbocycles. The quantitative estimate of drug-likeness (QED) is 0.887. The summed E-state index contributed by atoms with van der Waals surface area (Å²) < 4.78 is 25.7. The number of hydrogen-bond donors (Lipinski definition) is 1. The highest BCUT2D eigenvalue weighted by molar-refractivity contribution is 7.10. The van der Waals surface area contributed by atoms with Gasteiger partial charge in [-0.1, -0.05) is 6.07 Å². The van der Waals surface area contributed by atoms with Gasteiger partial charge in [0.2, 0.25) is 0 Å². The van der Waals surface area contributed by atoms with Crippen LogP contribution in [0.4, 0.5) is 8.78 Å². The van der Waals surface area contributed by atoms with Crippen LogP contribution in [0.3, 0.4) is 0 Å². The van der Waals surface area contributed by atoms with E-state index in [1.54, 1.807) is 11.3 Å². The second kappa shape index (κ2) is 4.94. The van der Waals surface area contributed by atoms with E-state index in [1.165, 1.54) is 6.07 Å². The van der Waals surface area contributed by atoms with Gasteiger partial charge < -0.3 is 5.11 Å². The topological polar surface area (TPSA) is 20.2 Å². The zero-order valence-corrected chi connectivity index (χ0v) is 10.1. The maximum absolute atomic E-state index is 13.0. The zero-order valence-electron chi connectivity index (χ0n) is 9.28. The molecule has 0 aliphatic heterocycles. The van der Waals surface area contributed by atoms with Gasteiger partial charge in [-0.2, -0.15) is 0 Å². The highest BCUT2D eigenvalue weighted by Crippen LogP contribution is 2.23. The van der Waals surface area contributed by atoms with Crippen LogP contribution in [0.25, 0.3) is 0 Å². The summed E-state index contributed by atoms with van der Waals surface area (Å²) in [7, 11) is 0. The van der Waals surface area contributed by atoms with E-state index in [-0.39, 0.29) is 0 Å². The van der Waals surface area contributed by atoms with Gasteiger partial charge in [0.1, 0.15) is 0 Å². The molecular formula is C13H12F2OS. The van der Waals surface area contributed by atoms with Crippen molar-refractivity contribution in [1.29, 1.82) is 0 Å². The molecule has 1 nitrogen and oxygen atoms in total. The van der Waals surface area contributed by atoms with Gasteiger partial charge in [-0.05, 0) is 41.6 Å². The summed E-state index contributed by atoms with van der Waals surface area (Å²) in [5.74, 6) is -1.82. The Labute approximate surface area is 102 Å². The molecule has 17 heavy (non-hydrogen) atoms. The molecule has 1 unspecified atom stereocenters. The van der Waals surface area contributed by atoms with Crippen LogP contribution in [-0.4, -0.2) is 5.11 Å². The summed E-state index contributed by atoms with van der Waals surface area (Å²) in [6, 6.07) is 5.46. The Hall–Kier alpha value is -1.26. The summed E-state index contributed by atoms with van der Waals surface area (Å²) in [4.78, 5) is 1.03. The van der Waals surface area contributed by atoms with Crippen molar-refractivity contribution < 1.29 is 13.9 Å². The van der Waals surface area contributed by atoms with E-state index < -0.39 is 17.7 Å². The fourth-order valence-corrected chi connectivity index (χ4v) is 2.54. The maximum atomic E-state index is 13.0. The van der Waals surface area contributed by atoms with Crippen LogP contribution in [0, 0.1) is 18.6 Å². The fourth-order valence-electron chi connectivity index (χ4n) is 1.63. The first kappa shape index (κ1) is 12.2. The Morgan fingerprint density at radius 1 is 1.24 bits per heavy atom. The molecule has 0 fully saturated rings. The molecule has 0 aliphatic carbocycles. The van der Waals surface area contributed by atoms with E-state index in [9.17, 15) is 13.9 Å². The lowest BCUT2D eigenvalue weighted by Crippen LogP contribution is -2.01. The highest BCUT2D eigenvalue weighted by Gasteiger charge is 2.12. The number of hydrogen-bond acceptors (Lipinski definition) is 2. The number of aliphatic hydroxyl groups excluding tert-OH is 1. The van der Waals surface area contributed by atoms with Gasteiger partial charge in [-0.3, -0.25) is 0 Å². The molecular weight excluding hydrogens is 242 g/mol. The molecule has 1 atom stereocenters. The molecule has 0 aliphatic rings. The summed E-state index contributed by atoms with van der Waals surface area (Å²) in [5.41, 5.74) is 1.54. The monoisotopic (exact) mass is 254 g/mol. The Balaban J connectivity index is 2.14. The van der Waals surface area contributed by atoms with Crippen LogP contribution in [0.2, 0.25) is 0 Å². The van der Waals surface area contributed by atoms with Gasteiger partial charge in [0, 0.05) is 11.3 Å². The van der Waals surface area contributed by atoms with Crippen molar-refractivity contribution >= 4 is 11.3 Å². The molecule has 4 heteroatoms. The minimum atomic E-state index is -0.927. The van der Waals surface area contributed by atoms with E-state index in [1.807, 2.05) is 18.4 Å². The molecule has 90 valence electrons. The van der Waals surface area contributed by atoms with Crippen molar-refractivity contribution in [3.63, 3.8) is 0 Å². The first-order valence-electron chi connectivity index (χ1n) is 5.23. The number of rotatable bonds is 3. The van der Waals surface area contributed by atoms with Crippen LogP contribution in [0.5, 0.6) is 0 Å². The van der Waals surface area contributed by atoms with E-state index in [0.29, 0.717) is 12.0 Å². The second-order valence-electron chi connectivity index (χ2n) is 3.98. The third-order valence-corrected chi connectivity index (χ3v) is 3.58. The first-order valence-corrected chi connectivity index (χ1v) is 6.11. The molecule has 1 heterocycles. The first-order chi connectivity index (χ1) is 8.06. The minimum Gasteiger partial charge on any atom is -0.388 e. The van der Waals surface area contributed by atoms with Crippen molar-refractivity contribution in [3.8, 4) is 0 Å². The number of benzene rings is 1. The summed E-state index contributed by atoms with van der Waals surface area (Å²) in [6.45, 7) is 1.98. The third kappa shape index (κ3) is 2.90. The standard InChI is InChI=1S/C13H12F2OS/c1-8-4-10(17-7-8)6-13(16)9-2-3-11(14)12(15)5-9/h2-5,7,13,16H,6H2,1H3. The minimum absolute atomic E-state index is 0.398. The third-order valence-electron chi connectivity index (χ3n) is 2.51. The molecule has 0 bridgehead atoms. The lowest BCUT2D eigenvalue weighted by atomic mass is 10.1. The van der Waals surface area contributed by atoms with E-state index in [4.69, 9.17) is 0 Å². The van der Waals surface area contributed by atoms with Gasteiger partial charge in [0.05, 0.1) is 6.10 Å². The average molecular weight is 254 g/mol. The Morgan fingerprint density at radius 3 is 2.59 bits per heavy atom. The predicted octanol–water partition coefficient (Wildman–Crippen LogP) is 3.61. The van der Waals surface area contributed by atoms with Crippen LogP contribution >= 0.6 is 11.3 Å². The van der Waals surface area contributed by atoms with Crippen molar-refractivity contribution in [2.75, 3.05) is 0 Å². The summed E-state index contributed by atoms with van der Waals surface area (Å²) in [5, 5.41) is 11.9. The van der Waals surface area contributed by atoms with Gasteiger partial charge >= 0.3 is 0 Å². The number of aliphatic hydroxyl groups is 1. The molecule has 0 spiro atoms. The lowest BCUT2D eigenvalue weighted by molar-refractivity contribution is 0.179. The Bertz CT molecular complexity index is 522. The van der Waals surface area contributed by atoms with Gasteiger partial charge in [-0.25, -0.2) is 8.78 Å². The van der Waals surface area contributed by atoms with Crippen LogP contribution < -0.4 is 0 Å². The van der Waals surface area contributed by atoms with E-state index >= 15 is 0 Å². The Morgan fingerprint density at radius 2 is 2.00 bits per heavy atom. The van der Waals surface area contributed by atoms with Crippen molar-refractivity contribution in [3.05, 3.63) is 57.3 Å². The van der Waals surface area contributed by atoms with E-state index in [2.05, 4.69) is 0 Å². The lowest BCUT2D eigenvalue weighted by Gasteiger charge is -2.09. The molecule has 0 amide bonds. The summed E-state index contributed by atoms with van der Waals surface area (Å²) in [6.07, 6.45) is -0.382. The molecule has 2 aromatic rings. The highest BCUT2D eigenvalue weighted by atomic mass is 32.1. The van der Waals surface area contributed by atoms with Gasteiger partial charge in [0.25, 0.3) is 0 Å². The zero-order chi connectivity index (χ0) is 12.4. The number of aryl methyl sites for hydroxylation is 1. The van der Waals surface area contributed by atoms with Gasteiger partial charge in [-0.15, -0.1) is 11.3 Å². The maximum Gasteiger partial charge on any atom is 0.159 e. The molecule has 0 saturated carbocycles. The largest absolute Gasteiger partial charge is 0.388 e. The van der Waals surface area contributed by atoms with Gasteiger partial charge in [0.15, 0.2) is 11.6 Å². The van der Waals surface area contributed by atoms with E-state index in [0.717, 1.165) is 22.6 Å². The SMILES string of the molecule is Cc1csc(CC(O)c2ccc(F)c(F)c2)c1. The molecule has 2 rings (SSSR count). The van der Waals surface area contributed by atoms with Crippen LogP contribution in [0.15, 0.2) is 29.6 Å². The average Bonchev–Trinajstić information content (AvgIpc) is 2.68. The molecule has 1 N–H and O–H groups in total. The number of thiophene rings is 1. The van der Waals surface area contributed by atoms with Crippen molar-refractivity contribution in [2.24, 2.45) is 0 Å². The second-order valence-corrected chi connectivity index (χ2v) is 4.98. The van der Waals surface area contributed by atoms with Crippen molar-refractivity contribution in [2.45, 2.75) is 19.4 Å². The normalized spacial score (nSPS) is 12.7. The Kier molecular flexibility index (Phi) is 3.54. The molecule has 0 radical (unpaired) electrons. The predicted molar refractivity (Wildman–Crippen MR) is 64.1 cm³/mol. The van der Waals surface area contributed by atoms with Crippen molar-refractivity contribution in [1.82, 2.24) is 0 Å². The smallest absolute Gasteiger partial charge is 0.159 e.